The molecule has 1 fully saturated rings. The topological polar surface area (TPSA) is 51.2 Å². The average Bonchev–Trinajstić information content (AvgIpc) is 2.92. The maximum absolute atomic E-state index is 11.4. The van der Waals surface area contributed by atoms with Gasteiger partial charge in [-0.1, -0.05) is 24.7 Å². The van der Waals surface area contributed by atoms with Gasteiger partial charge in [-0.05, 0) is 19.3 Å². The summed E-state index contributed by atoms with van der Waals surface area (Å²) in [6, 6.07) is 0.543. The molecule has 1 saturated carbocycles. The Morgan fingerprint density at radius 1 is 1.69 bits per heavy atom. The van der Waals surface area contributed by atoms with Crippen molar-refractivity contribution in [3.63, 3.8) is 0 Å². The summed E-state index contributed by atoms with van der Waals surface area (Å²) in [4.78, 5) is 16.3. The Balaban J connectivity index is 2.04. The lowest BCUT2D eigenvalue weighted by Gasteiger charge is -1.98. The lowest BCUT2D eigenvalue weighted by Crippen LogP contribution is -2.03. The summed E-state index contributed by atoms with van der Waals surface area (Å²) < 4.78 is 4.70. The van der Waals surface area contributed by atoms with Crippen LogP contribution < -0.4 is 5.32 Å². The third-order valence-electron chi connectivity index (χ3n) is 2.92. The number of carbonyl (C=O) groups is 1. The molecule has 0 bridgehead atoms. The molecule has 1 heterocycles. The van der Waals surface area contributed by atoms with Gasteiger partial charge in [-0.2, -0.15) is 0 Å². The molecule has 2 rings (SSSR count). The standard InChI is InChI=1S/C11H16N2O2S/c1-4-7-5-8(7)13-11-12-6(2)9(16-11)10(14)15-3/h7-8H,4-5H2,1-3H3,(H,12,13). The second-order valence-corrected chi connectivity index (χ2v) is 5.08. The van der Waals surface area contributed by atoms with Gasteiger partial charge in [-0.15, -0.1) is 0 Å². The molecule has 16 heavy (non-hydrogen) atoms. The number of rotatable bonds is 4. The Bertz CT molecular complexity index is 403. The molecule has 0 radical (unpaired) electrons. The first kappa shape index (κ1) is 11.4. The number of nitrogens with zero attached hydrogens (tertiary/aromatic N) is 1. The number of esters is 1. The van der Waals surface area contributed by atoms with Crippen molar-refractivity contribution in [1.82, 2.24) is 4.98 Å². The van der Waals surface area contributed by atoms with Crippen molar-refractivity contribution in [1.29, 1.82) is 0 Å². The molecule has 1 aliphatic carbocycles. The summed E-state index contributed by atoms with van der Waals surface area (Å²) in [7, 11) is 1.39. The predicted octanol–water partition coefficient (Wildman–Crippen LogP) is 2.45. The van der Waals surface area contributed by atoms with E-state index in [1.54, 1.807) is 0 Å². The zero-order valence-corrected chi connectivity index (χ0v) is 10.6. The van der Waals surface area contributed by atoms with Gasteiger partial charge in [-0.3, -0.25) is 0 Å². The number of aryl methyl sites for hydroxylation is 1. The van der Waals surface area contributed by atoms with Gasteiger partial charge >= 0.3 is 5.97 Å². The number of hydrogen-bond acceptors (Lipinski definition) is 5. The number of hydrogen-bond donors (Lipinski definition) is 1. The maximum Gasteiger partial charge on any atom is 0.350 e. The molecule has 0 saturated heterocycles. The van der Waals surface area contributed by atoms with E-state index in [0.29, 0.717) is 10.9 Å². The van der Waals surface area contributed by atoms with Crippen LogP contribution in [-0.4, -0.2) is 24.1 Å². The fourth-order valence-electron chi connectivity index (χ4n) is 1.77. The molecule has 0 aliphatic heterocycles. The zero-order valence-electron chi connectivity index (χ0n) is 9.74. The molecule has 88 valence electrons. The Morgan fingerprint density at radius 3 is 3.00 bits per heavy atom. The number of anilines is 1. The number of methoxy groups -OCH3 is 1. The van der Waals surface area contributed by atoms with E-state index in [-0.39, 0.29) is 5.97 Å². The Morgan fingerprint density at radius 2 is 2.44 bits per heavy atom. The second-order valence-electron chi connectivity index (χ2n) is 4.08. The van der Waals surface area contributed by atoms with Gasteiger partial charge in [0.1, 0.15) is 4.88 Å². The van der Waals surface area contributed by atoms with Crippen molar-refractivity contribution >= 4 is 22.4 Å². The van der Waals surface area contributed by atoms with Gasteiger partial charge in [0, 0.05) is 6.04 Å². The Hall–Kier alpha value is -1.10. The molecule has 2 atom stereocenters. The minimum Gasteiger partial charge on any atom is -0.465 e. The third-order valence-corrected chi connectivity index (χ3v) is 3.99. The molecule has 1 N–H and O–H groups in total. The number of ether oxygens (including phenoxy) is 1. The molecule has 0 spiro atoms. The molecule has 2 unspecified atom stereocenters. The minimum absolute atomic E-state index is 0.300. The first-order valence-corrected chi connectivity index (χ1v) is 6.29. The number of thiazole rings is 1. The highest BCUT2D eigenvalue weighted by Crippen LogP contribution is 2.37. The summed E-state index contributed by atoms with van der Waals surface area (Å²) in [6.07, 6.45) is 2.41. The molecule has 0 amide bonds. The van der Waals surface area contributed by atoms with Gasteiger partial charge in [0.15, 0.2) is 5.13 Å². The summed E-state index contributed by atoms with van der Waals surface area (Å²) in [5.41, 5.74) is 0.744. The van der Waals surface area contributed by atoms with Crippen LogP contribution in [0.1, 0.15) is 35.1 Å². The second kappa shape index (κ2) is 4.41. The molecule has 4 nitrogen and oxygen atoms in total. The zero-order chi connectivity index (χ0) is 11.7. The summed E-state index contributed by atoms with van der Waals surface area (Å²) in [6.45, 7) is 4.03. The Kier molecular flexibility index (Phi) is 3.14. The largest absolute Gasteiger partial charge is 0.465 e. The quantitative estimate of drug-likeness (QED) is 0.821. The normalized spacial score (nSPS) is 22.9. The monoisotopic (exact) mass is 240 g/mol. The third kappa shape index (κ3) is 2.19. The van der Waals surface area contributed by atoms with E-state index in [2.05, 4.69) is 17.2 Å². The van der Waals surface area contributed by atoms with Gasteiger partial charge in [-0.25, -0.2) is 9.78 Å². The van der Waals surface area contributed by atoms with Crippen molar-refractivity contribution in [2.75, 3.05) is 12.4 Å². The van der Waals surface area contributed by atoms with E-state index in [0.717, 1.165) is 16.7 Å². The molecule has 1 aromatic heterocycles. The summed E-state index contributed by atoms with van der Waals surface area (Å²) in [5.74, 6) is 0.469. The van der Waals surface area contributed by atoms with Crippen LogP contribution in [0.15, 0.2) is 0 Å². The maximum atomic E-state index is 11.4. The van der Waals surface area contributed by atoms with Crippen LogP contribution in [0.4, 0.5) is 5.13 Å². The van der Waals surface area contributed by atoms with E-state index in [9.17, 15) is 4.79 Å². The number of carbonyl (C=O) groups excluding carboxylic acids is 1. The minimum atomic E-state index is -0.300. The van der Waals surface area contributed by atoms with E-state index < -0.39 is 0 Å². The van der Waals surface area contributed by atoms with Crippen molar-refractivity contribution in [3.05, 3.63) is 10.6 Å². The van der Waals surface area contributed by atoms with Gasteiger partial charge < -0.3 is 10.1 Å². The number of aromatic nitrogens is 1. The highest BCUT2D eigenvalue weighted by Gasteiger charge is 2.36. The van der Waals surface area contributed by atoms with Crippen LogP contribution in [0, 0.1) is 12.8 Å². The summed E-state index contributed by atoms with van der Waals surface area (Å²) in [5, 5.41) is 4.19. The number of nitrogens with one attached hydrogen (secondary N) is 1. The molecule has 0 aromatic carbocycles. The first-order valence-electron chi connectivity index (χ1n) is 5.48. The lowest BCUT2D eigenvalue weighted by molar-refractivity contribution is 0.0605. The van der Waals surface area contributed by atoms with E-state index in [1.807, 2.05) is 6.92 Å². The van der Waals surface area contributed by atoms with Gasteiger partial charge in [0.2, 0.25) is 0 Å². The van der Waals surface area contributed by atoms with Crippen LogP contribution >= 0.6 is 11.3 Å². The average molecular weight is 240 g/mol. The molecule has 1 aliphatic rings. The van der Waals surface area contributed by atoms with Crippen molar-refractivity contribution < 1.29 is 9.53 Å². The molecule has 1 aromatic rings. The fraction of sp³-hybridized carbons (Fsp3) is 0.636. The lowest BCUT2D eigenvalue weighted by atomic mass is 10.3. The van der Waals surface area contributed by atoms with Gasteiger partial charge in [0.25, 0.3) is 0 Å². The van der Waals surface area contributed by atoms with Crippen LogP contribution in [0.2, 0.25) is 0 Å². The molecular weight excluding hydrogens is 224 g/mol. The Labute approximate surface area is 99.0 Å². The SMILES string of the molecule is CCC1CC1Nc1nc(C)c(C(=O)OC)s1. The summed E-state index contributed by atoms with van der Waals surface area (Å²) >= 11 is 1.38. The van der Waals surface area contributed by atoms with Crippen molar-refractivity contribution in [3.8, 4) is 0 Å². The highest BCUT2D eigenvalue weighted by molar-refractivity contribution is 7.17. The van der Waals surface area contributed by atoms with E-state index in [4.69, 9.17) is 4.74 Å². The highest BCUT2D eigenvalue weighted by atomic mass is 32.1. The van der Waals surface area contributed by atoms with Crippen LogP contribution in [0.25, 0.3) is 0 Å². The fourth-order valence-corrected chi connectivity index (χ4v) is 2.72. The van der Waals surface area contributed by atoms with Crippen LogP contribution in [-0.2, 0) is 4.74 Å². The predicted molar refractivity (Wildman–Crippen MR) is 64.0 cm³/mol. The smallest absolute Gasteiger partial charge is 0.350 e. The van der Waals surface area contributed by atoms with E-state index >= 15 is 0 Å². The molecule has 5 heteroatoms. The van der Waals surface area contributed by atoms with Gasteiger partial charge in [0.05, 0.1) is 12.8 Å². The first-order chi connectivity index (χ1) is 7.65. The van der Waals surface area contributed by atoms with Crippen LogP contribution in [0.5, 0.6) is 0 Å². The van der Waals surface area contributed by atoms with E-state index in [1.165, 1.54) is 31.3 Å². The van der Waals surface area contributed by atoms with Crippen molar-refractivity contribution in [2.24, 2.45) is 5.92 Å². The molecular formula is C11H16N2O2S. The van der Waals surface area contributed by atoms with Crippen LogP contribution in [0.3, 0.4) is 0 Å². The van der Waals surface area contributed by atoms with Crippen molar-refractivity contribution in [2.45, 2.75) is 32.7 Å².